The van der Waals surface area contributed by atoms with Gasteiger partial charge in [0.1, 0.15) is 0 Å². The third-order valence-corrected chi connectivity index (χ3v) is 4.20. The molecule has 0 saturated heterocycles. The van der Waals surface area contributed by atoms with Crippen LogP contribution in [-0.4, -0.2) is 18.1 Å². The number of aryl methyl sites for hydroxylation is 1. The summed E-state index contributed by atoms with van der Waals surface area (Å²) in [6.45, 7) is 1.97. The third kappa shape index (κ3) is 2.31. The van der Waals surface area contributed by atoms with Crippen molar-refractivity contribution in [2.24, 2.45) is 0 Å². The SMILES string of the molecule is COC(=O)Cc1ccsc1-c1cnc(C)s1. The van der Waals surface area contributed by atoms with Crippen molar-refractivity contribution in [3.05, 3.63) is 28.2 Å². The van der Waals surface area contributed by atoms with E-state index < -0.39 is 0 Å². The fourth-order valence-electron chi connectivity index (χ4n) is 1.39. The van der Waals surface area contributed by atoms with Gasteiger partial charge in [0.15, 0.2) is 0 Å². The van der Waals surface area contributed by atoms with Gasteiger partial charge in [0.05, 0.1) is 23.4 Å². The van der Waals surface area contributed by atoms with E-state index in [1.165, 1.54) is 7.11 Å². The van der Waals surface area contributed by atoms with E-state index in [0.717, 1.165) is 20.3 Å². The summed E-state index contributed by atoms with van der Waals surface area (Å²) in [5.41, 5.74) is 1.01. The first kappa shape index (κ1) is 11.3. The highest BCUT2D eigenvalue weighted by Gasteiger charge is 2.12. The van der Waals surface area contributed by atoms with Crippen LogP contribution in [0.1, 0.15) is 10.6 Å². The monoisotopic (exact) mass is 253 g/mol. The Balaban J connectivity index is 2.29. The maximum absolute atomic E-state index is 11.2. The molecule has 2 rings (SSSR count). The van der Waals surface area contributed by atoms with Crippen molar-refractivity contribution in [1.82, 2.24) is 4.98 Å². The molecule has 16 heavy (non-hydrogen) atoms. The molecular formula is C11H11NO2S2. The Morgan fingerprint density at radius 1 is 1.56 bits per heavy atom. The van der Waals surface area contributed by atoms with Crippen molar-refractivity contribution in [1.29, 1.82) is 0 Å². The molecule has 0 atom stereocenters. The van der Waals surface area contributed by atoms with Crippen molar-refractivity contribution in [2.45, 2.75) is 13.3 Å². The summed E-state index contributed by atoms with van der Waals surface area (Å²) in [5.74, 6) is -0.208. The Hall–Kier alpha value is -1.20. The van der Waals surface area contributed by atoms with Crippen molar-refractivity contribution < 1.29 is 9.53 Å². The van der Waals surface area contributed by atoms with Gasteiger partial charge < -0.3 is 4.74 Å². The minimum atomic E-state index is -0.208. The number of carbonyl (C=O) groups excluding carboxylic acids is 1. The van der Waals surface area contributed by atoms with Crippen molar-refractivity contribution in [3.8, 4) is 9.75 Å². The Morgan fingerprint density at radius 3 is 3.00 bits per heavy atom. The first-order valence-corrected chi connectivity index (χ1v) is 6.46. The van der Waals surface area contributed by atoms with E-state index >= 15 is 0 Å². The van der Waals surface area contributed by atoms with Gasteiger partial charge in [0, 0.05) is 11.1 Å². The molecule has 2 aromatic rings. The van der Waals surface area contributed by atoms with Gasteiger partial charge in [-0.15, -0.1) is 22.7 Å². The highest BCUT2D eigenvalue weighted by atomic mass is 32.1. The third-order valence-electron chi connectivity index (χ3n) is 2.15. The summed E-state index contributed by atoms with van der Waals surface area (Å²) in [6.07, 6.45) is 2.18. The predicted octanol–water partition coefficient (Wildman–Crippen LogP) is 2.90. The Morgan fingerprint density at radius 2 is 2.38 bits per heavy atom. The lowest BCUT2D eigenvalue weighted by molar-refractivity contribution is -0.139. The lowest BCUT2D eigenvalue weighted by Gasteiger charge is -1.99. The lowest BCUT2D eigenvalue weighted by Crippen LogP contribution is -2.03. The quantitative estimate of drug-likeness (QED) is 0.790. The van der Waals surface area contributed by atoms with E-state index in [2.05, 4.69) is 9.72 Å². The van der Waals surface area contributed by atoms with Crippen LogP contribution in [0.25, 0.3) is 9.75 Å². The van der Waals surface area contributed by atoms with Gasteiger partial charge in [-0.2, -0.15) is 0 Å². The molecule has 0 radical (unpaired) electrons. The van der Waals surface area contributed by atoms with Crippen LogP contribution < -0.4 is 0 Å². The Bertz CT molecular complexity index is 502. The molecule has 3 nitrogen and oxygen atoms in total. The lowest BCUT2D eigenvalue weighted by atomic mass is 10.2. The number of esters is 1. The molecule has 0 aromatic carbocycles. The number of hydrogen-bond donors (Lipinski definition) is 0. The van der Waals surface area contributed by atoms with E-state index in [-0.39, 0.29) is 5.97 Å². The zero-order valence-corrected chi connectivity index (χ0v) is 10.7. The van der Waals surface area contributed by atoms with Crippen molar-refractivity contribution in [3.63, 3.8) is 0 Å². The number of carbonyl (C=O) groups is 1. The van der Waals surface area contributed by atoms with Crippen molar-refractivity contribution in [2.75, 3.05) is 7.11 Å². The molecule has 0 spiro atoms. The Kier molecular flexibility index (Phi) is 3.36. The molecule has 0 N–H and O–H groups in total. The average molecular weight is 253 g/mol. The van der Waals surface area contributed by atoms with Gasteiger partial charge in [-0.1, -0.05) is 0 Å². The zero-order chi connectivity index (χ0) is 11.5. The second kappa shape index (κ2) is 4.76. The van der Waals surface area contributed by atoms with Gasteiger partial charge in [-0.3, -0.25) is 4.79 Å². The van der Waals surface area contributed by atoms with Crippen LogP contribution in [0.15, 0.2) is 17.6 Å². The molecule has 0 aliphatic carbocycles. The standard InChI is InChI=1S/C11H11NO2S2/c1-7-12-6-9(16-7)11-8(3-4-15-11)5-10(13)14-2/h3-4,6H,5H2,1-2H3. The summed E-state index contributed by atoms with van der Waals surface area (Å²) < 4.78 is 4.67. The molecule has 0 bridgehead atoms. The fourth-order valence-corrected chi connectivity index (χ4v) is 3.24. The molecule has 0 saturated carbocycles. The highest BCUT2D eigenvalue weighted by Crippen LogP contribution is 2.33. The normalized spacial score (nSPS) is 10.4. The van der Waals surface area contributed by atoms with E-state index in [0.29, 0.717) is 6.42 Å². The predicted molar refractivity (Wildman–Crippen MR) is 65.9 cm³/mol. The number of nitrogens with zero attached hydrogens (tertiary/aromatic N) is 1. The number of aromatic nitrogens is 1. The molecular weight excluding hydrogens is 242 g/mol. The smallest absolute Gasteiger partial charge is 0.310 e. The van der Waals surface area contributed by atoms with Gasteiger partial charge >= 0.3 is 5.97 Å². The molecule has 2 heterocycles. The van der Waals surface area contributed by atoms with Crippen LogP contribution in [0, 0.1) is 6.92 Å². The fraction of sp³-hybridized carbons (Fsp3) is 0.273. The zero-order valence-electron chi connectivity index (χ0n) is 9.02. The van der Waals surface area contributed by atoms with Gasteiger partial charge in [0.25, 0.3) is 0 Å². The van der Waals surface area contributed by atoms with Crippen LogP contribution >= 0.6 is 22.7 Å². The topological polar surface area (TPSA) is 39.2 Å². The number of hydrogen-bond acceptors (Lipinski definition) is 5. The summed E-state index contributed by atoms with van der Waals surface area (Å²) in [7, 11) is 1.41. The first-order valence-electron chi connectivity index (χ1n) is 4.76. The highest BCUT2D eigenvalue weighted by molar-refractivity contribution is 7.21. The number of rotatable bonds is 3. The number of methoxy groups -OCH3 is 1. The van der Waals surface area contributed by atoms with Crippen LogP contribution in [0.2, 0.25) is 0 Å². The van der Waals surface area contributed by atoms with Crippen LogP contribution in [0.5, 0.6) is 0 Å². The van der Waals surface area contributed by atoms with E-state index in [9.17, 15) is 4.79 Å². The summed E-state index contributed by atoms with van der Waals surface area (Å²) in [6, 6.07) is 1.96. The minimum absolute atomic E-state index is 0.208. The van der Waals surface area contributed by atoms with Gasteiger partial charge in [-0.05, 0) is 23.9 Å². The molecule has 84 valence electrons. The number of thiophene rings is 1. The Labute approximate surface area is 102 Å². The van der Waals surface area contributed by atoms with E-state index in [1.807, 2.05) is 24.6 Å². The second-order valence-electron chi connectivity index (χ2n) is 3.27. The first-order chi connectivity index (χ1) is 7.70. The van der Waals surface area contributed by atoms with Gasteiger partial charge in [-0.25, -0.2) is 4.98 Å². The minimum Gasteiger partial charge on any atom is -0.469 e. The molecule has 5 heteroatoms. The molecule has 0 fully saturated rings. The largest absolute Gasteiger partial charge is 0.469 e. The summed E-state index contributed by atoms with van der Waals surface area (Å²) in [5, 5.41) is 3.02. The van der Waals surface area contributed by atoms with Crippen LogP contribution in [0.4, 0.5) is 0 Å². The molecule has 0 aliphatic rings. The average Bonchev–Trinajstić information content (AvgIpc) is 2.86. The van der Waals surface area contributed by atoms with E-state index in [1.54, 1.807) is 22.7 Å². The number of ether oxygens (including phenoxy) is 1. The van der Waals surface area contributed by atoms with Gasteiger partial charge in [0.2, 0.25) is 0 Å². The molecule has 2 aromatic heterocycles. The maximum Gasteiger partial charge on any atom is 0.310 e. The van der Waals surface area contributed by atoms with Crippen LogP contribution in [-0.2, 0) is 16.0 Å². The van der Waals surface area contributed by atoms with E-state index in [4.69, 9.17) is 0 Å². The molecule has 0 amide bonds. The summed E-state index contributed by atoms with van der Waals surface area (Å²) >= 11 is 3.27. The number of thiazole rings is 1. The van der Waals surface area contributed by atoms with Crippen LogP contribution in [0.3, 0.4) is 0 Å². The molecule has 0 aliphatic heterocycles. The maximum atomic E-state index is 11.2. The second-order valence-corrected chi connectivity index (χ2v) is 5.42. The summed E-state index contributed by atoms with van der Waals surface area (Å²) in [4.78, 5) is 17.7. The van der Waals surface area contributed by atoms with Crippen molar-refractivity contribution >= 4 is 28.6 Å². The molecule has 0 unspecified atom stereocenters.